The van der Waals surface area contributed by atoms with Crippen molar-refractivity contribution in [2.45, 2.75) is 13.0 Å². The molecule has 0 aliphatic heterocycles. The van der Waals surface area contributed by atoms with E-state index in [1.54, 1.807) is 37.3 Å². The number of anilines is 1. The minimum atomic E-state index is -0.608. The lowest BCUT2D eigenvalue weighted by atomic mass is 10.3. The summed E-state index contributed by atoms with van der Waals surface area (Å²) in [6, 6.07) is 14.3. The summed E-state index contributed by atoms with van der Waals surface area (Å²) in [7, 11) is 0. The van der Waals surface area contributed by atoms with Gasteiger partial charge in [-0.2, -0.15) is 0 Å². The maximum Gasteiger partial charge on any atom is 0.265 e. The van der Waals surface area contributed by atoms with Gasteiger partial charge in [0.05, 0.1) is 0 Å². The lowest BCUT2D eigenvalue weighted by Gasteiger charge is -2.15. The summed E-state index contributed by atoms with van der Waals surface area (Å²) < 4.78 is 6.48. The maximum absolute atomic E-state index is 12.0. The van der Waals surface area contributed by atoms with Gasteiger partial charge in [-0.3, -0.25) is 4.79 Å². The molecule has 104 valence electrons. The Balaban J connectivity index is 1.98. The highest BCUT2D eigenvalue weighted by Crippen LogP contribution is 2.20. The highest BCUT2D eigenvalue weighted by atomic mass is 79.9. The number of carbonyl (C=O) groups excluding carboxylic acids is 1. The van der Waals surface area contributed by atoms with Gasteiger partial charge >= 0.3 is 0 Å². The van der Waals surface area contributed by atoms with Crippen LogP contribution in [0.5, 0.6) is 5.75 Å². The summed E-state index contributed by atoms with van der Waals surface area (Å²) in [5.41, 5.74) is 0.646. The molecule has 1 unspecified atom stereocenters. The van der Waals surface area contributed by atoms with Gasteiger partial charge < -0.3 is 10.1 Å². The molecule has 0 aliphatic carbocycles. The minimum absolute atomic E-state index is 0.229. The maximum atomic E-state index is 12.0. The molecule has 0 aromatic heterocycles. The van der Waals surface area contributed by atoms with E-state index in [1.165, 1.54) is 0 Å². The first-order valence-electron chi connectivity index (χ1n) is 6.03. The standard InChI is InChI=1S/C15H13BrClNO2/c1-10(20-14-7-2-4-11(16)8-14)15(19)18-13-6-3-5-12(17)9-13/h2-10H,1H3,(H,18,19). The average molecular weight is 355 g/mol. The predicted octanol–water partition coefficient (Wildman–Crippen LogP) is 4.51. The molecular formula is C15H13BrClNO2. The van der Waals surface area contributed by atoms with Crippen molar-refractivity contribution in [1.82, 2.24) is 0 Å². The second-order valence-electron chi connectivity index (χ2n) is 4.22. The fraction of sp³-hybridized carbons (Fsp3) is 0.133. The Morgan fingerprint density at radius 1 is 1.25 bits per heavy atom. The van der Waals surface area contributed by atoms with Crippen LogP contribution in [0.3, 0.4) is 0 Å². The molecule has 3 nitrogen and oxygen atoms in total. The summed E-state index contributed by atoms with van der Waals surface area (Å²) in [6.07, 6.45) is -0.608. The van der Waals surface area contributed by atoms with Crippen LogP contribution in [0.2, 0.25) is 5.02 Å². The molecule has 1 atom stereocenters. The number of hydrogen-bond donors (Lipinski definition) is 1. The molecule has 0 radical (unpaired) electrons. The molecule has 1 amide bonds. The summed E-state index contributed by atoms with van der Waals surface area (Å²) >= 11 is 9.22. The largest absolute Gasteiger partial charge is 0.481 e. The monoisotopic (exact) mass is 353 g/mol. The molecule has 0 aliphatic rings. The van der Waals surface area contributed by atoms with Crippen LogP contribution in [0.15, 0.2) is 53.0 Å². The highest BCUT2D eigenvalue weighted by Gasteiger charge is 2.15. The second kappa shape index (κ2) is 6.77. The molecule has 5 heteroatoms. The van der Waals surface area contributed by atoms with E-state index < -0.39 is 6.10 Å². The van der Waals surface area contributed by atoms with Crippen LogP contribution in [0.1, 0.15) is 6.92 Å². The molecule has 0 bridgehead atoms. The van der Waals surface area contributed by atoms with Crippen molar-refractivity contribution in [2.75, 3.05) is 5.32 Å². The smallest absolute Gasteiger partial charge is 0.265 e. The zero-order chi connectivity index (χ0) is 14.5. The van der Waals surface area contributed by atoms with Crippen molar-refractivity contribution in [1.29, 1.82) is 0 Å². The zero-order valence-corrected chi connectivity index (χ0v) is 13.1. The number of nitrogens with one attached hydrogen (secondary N) is 1. The van der Waals surface area contributed by atoms with Gasteiger partial charge in [-0.25, -0.2) is 0 Å². The van der Waals surface area contributed by atoms with Gasteiger partial charge in [-0.1, -0.05) is 39.7 Å². The van der Waals surface area contributed by atoms with Crippen LogP contribution in [-0.2, 0) is 4.79 Å². The first-order chi connectivity index (χ1) is 9.54. The fourth-order valence-electron chi connectivity index (χ4n) is 1.61. The van der Waals surface area contributed by atoms with Crippen LogP contribution in [0.25, 0.3) is 0 Å². The van der Waals surface area contributed by atoms with Crippen LogP contribution >= 0.6 is 27.5 Å². The van der Waals surface area contributed by atoms with Gasteiger partial charge in [-0.05, 0) is 43.3 Å². The van der Waals surface area contributed by atoms with Gasteiger partial charge in [0, 0.05) is 15.2 Å². The Bertz CT molecular complexity index is 618. The van der Waals surface area contributed by atoms with Crippen molar-refractivity contribution >= 4 is 39.1 Å². The third kappa shape index (κ3) is 4.25. The Labute approximate surface area is 131 Å². The van der Waals surface area contributed by atoms with Gasteiger partial charge in [0.15, 0.2) is 6.10 Å². The number of ether oxygens (including phenoxy) is 1. The van der Waals surface area contributed by atoms with Crippen LogP contribution in [0.4, 0.5) is 5.69 Å². The van der Waals surface area contributed by atoms with E-state index in [2.05, 4.69) is 21.2 Å². The molecule has 0 heterocycles. The molecule has 0 fully saturated rings. The Kier molecular flexibility index (Phi) is 5.04. The second-order valence-corrected chi connectivity index (χ2v) is 5.57. The topological polar surface area (TPSA) is 38.3 Å². The SMILES string of the molecule is CC(Oc1cccc(Br)c1)C(=O)Nc1cccc(Cl)c1. The average Bonchev–Trinajstić information content (AvgIpc) is 2.38. The van der Waals surface area contributed by atoms with E-state index >= 15 is 0 Å². The molecule has 2 rings (SSSR count). The highest BCUT2D eigenvalue weighted by molar-refractivity contribution is 9.10. The van der Waals surface area contributed by atoms with Crippen molar-refractivity contribution in [3.8, 4) is 5.75 Å². The summed E-state index contributed by atoms with van der Waals surface area (Å²) in [5, 5.41) is 3.33. The van der Waals surface area contributed by atoms with Crippen molar-refractivity contribution in [3.63, 3.8) is 0 Å². The molecule has 2 aromatic carbocycles. The number of carbonyl (C=O) groups is 1. The molecule has 0 saturated carbocycles. The van der Waals surface area contributed by atoms with Gasteiger partial charge in [0.2, 0.25) is 0 Å². The summed E-state index contributed by atoms with van der Waals surface area (Å²) in [4.78, 5) is 12.0. The van der Waals surface area contributed by atoms with Gasteiger partial charge in [-0.15, -0.1) is 0 Å². The summed E-state index contributed by atoms with van der Waals surface area (Å²) in [6.45, 7) is 1.70. The first kappa shape index (κ1) is 14.9. The molecule has 0 spiro atoms. The van der Waals surface area contributed by atoms with Gasteiger partial charge in [0.1, 0.15) is 5.75 Å². The quantitative estimate of drug-likeness (QED) is 0.877. The van der Waals surface area contributed by atoms with Crippen molar-refractivity contribution in [2.24, 2.45) is 0 Å². The molecule has 20 heavy (non-hydrogen) atoms. The molecule has 1 N–H and O–H groups in total. The van der Waals surface area contributed by atoms with E-state index in [1.807, 2.05) is 18.2 Å². The number of rotatable bonds is 4. The van der Waals surface area contributed by atoms with Crippen molar-refractivity contribution in [3.05, 3.63) is 58.0 Å². The Morgan fingerprint density at radius 3 is 2.70 bits per heavy atom. The number of hydrogen-bond acceptors (Lipinski definition) is 2. The van der Waals surface area contributed by atoms with E-state index in [9.17, 15) is 4.79 Å². The Morgan fingerprint density at radius 2 is 2.00 bits per heavy atom. The first-order valence-corrected chi connectivity index (χ1v) is 7.20. The number of benzene rings is 2. The molecule has 2 aromatic rings. The molecule has 0 saturated heterocycles. The van der Waals surface area contributed by atoms with Gasteiger partial charge in [0.25, 0.3) is 5.91 Å². The lowest BCUT2D eigenvalue weighted by molar-refractivity contribution is -0.122. The zero-order valence-electron chi connectivity index (χ0n) is 10.8. The van der Waals surface area contributed by atoms with Crippen molar-refractivity contribution < 1.29 is 9.53 Å². The lowest BCUT2D eigenvalue weighted by Crippen LogP contribution is -2.30. The van der Waals surface area contributed by atoms with E-state index in [4.69, 9.17) is 16.3 Å². The number of halogens is 2. The Hall–Kier alpha value is -1.52. The van der Waals surface area contributed by atoms with E-state index in [-0.39, 0.29) is 5.91 Å². The van der Waals surface area contributed by atoms with Crippen LogP contribution in [-0.4, -0.2) is 12.0 Å². The number of amides is 1. The predicted molar refractivity (Wildman–Crippen MR) is 84.3 cm³/mol. The minimum Gasteiger partial charge on any atom is -0.481 e. The van der Waals surface area contributed by atoms with Crippen LogP contribution < -0.4 is 10.1 Å². The fourth-order valence-corrected chi connectivity index (χ4v) is 2.18. The van der Waals surface area contributed by atoms with E-state index in [0.717, 1.165) is 4.47 Å². The third-order valence-electron chi connectivity index (χ3n) is 2.57. The normalized spacial score (nSPS) is 11.8. The van der Waals surface area contributed by atoms with Crippen LogP contribution in [0, 0.1) is 0 Å². The summed E-state index contributed by atoms with van der Waals surface area (Å²) in [5.74, 6) is 0.403. The van der Waals surface area contributed by atoms with E-state index in [0.29, 0.717) is 16.5 Å². The third-order valence-corrected chi connectivity index (χ3v) is 3.30. The molecular weight excluding hydrogens is 342 g/mol.